The van der Waals surface area contributed by atoms with E-state index in [0.29, 0.717) is 19.7 Å². The molecule has 0 heterocycles. The van der Waals surface area contributed by atoms with E-state index >= 15 is 0 Å². The smallest absolute Gasteiger partial charge is 0.329 e. The number of hydroxylamine groups is 1. The van der Waals surface area contributed by atoms with Gasteiger partial charge in [-0.1, -0.05) is 26.2 Å². The van der Waals surface area contributed by atoms with Gasteiger partial charge in [0.05, 0.1) is 0 Å². The van der Waals surface area contributed by atoms with E-state index in [9.17, 15) is 4.57 Å². The van der Waals surface area contributed by atoms with E-state index in [1.165, 1.54) is 12.8 Å². The fourth-order valence-electron chi connectivity index (χ4n) is 1.46. The van der Waals surface area contributed by atoms with Crippen LogP contribution in [0.1, 0.15) is 32.6 Å². The lowest BCUT2D eigenvalue weighted by atomic mass is 10.2. The predicted octanol–water partition coefficient (Wildman–Crippen LogP) is 0.900. The van der Waals surface area contributed by atoms with Crippen molar-refractivity contribution in [3.8, 4) is 0 Å². The highest BCUT2D eigenvalue weighted by atomic mass is 31.1. The molecule has 0 radical (unpaired) electrons. The number of nitrogens with two attached hydrogens (primary N) is 1. The van der Waals surface area contributed by atoms with Crippen LogP contribution in [0.5, 0.6) is 0 Å². The average Bonchev–Trinajstić information content (AvgIpc) is 2.45. The third kappa shape index (κ3) is 15.9. The van der Waals surface area contributed by atoms with Crippen LogP contribution in [-0.2, 0) is 13.7 Å². The first kappa shape index (κ1) is 19.9. The second-order valence-electron chi connectivity index (χ2n) is 4.39. The van der Waals surface area contributed by atoms with Crippen molar-refractivity contribution in [1.82, 2.24) is 16.1 Å². The summed E-state index contributed by atoms with van der Waals surface area (Å²) in [5.41, 5.74) is 7.97. The van der Waals surface area contributed by atoms with E-state index in [4.69, 9.17) is 14.9 Å². The zero-order valence-corrected chi connectivity index (χ0v) is 13.4. The lowest BCUT2D eigenvalue weighted by Crippen LogP contribution is -2.33. The number of nitrogens with one attached hydrogen (secondary N) is 3. The number of hydrogen-bond acceptors (Lipinski definition) is 7. The van der Waals surface area contributed by atoms with Crippen LogP contribution in [0.25, 0.3) is 0 Å². The van der Waals surface area contributed by atoms with Crippen LogP contribution >= 0.6 is 8.25 Å². The van der Waals surface area contributed by atoms with Crippen LogP contribution in [0.4, 0.5) is 0 Å². The van der Waals surface area contributed by atoms with Gasteiger partial charge in [0.15, 0.2) is 0 Å². The molecule has 0 saturated carbocycles. The average molecular weight is 309 g/mol. The zero-order chi connectivity index (χ0) is 14.9. The molecule has 0 aliphatic rings. The second-order valence-corrected chi connectivity index (χ2v) is 5.28. The highest BCUT2D eigenvalue weighted by molar-refractivity contribution is 7.33. The van der Waals surface area contributed by atoms with E-state index in [1.54, 1.807) is 0 Å². The summed E-state index contributed by atoms with van der Waals surface area (Å²) in [6.07, 6.45) is 4.40. The summed E-state index contributed by atoms with van der Waals surface area (Å²) in [6.45, 7) is 7.19. The summed E-state index contributed by atoms with van der Waals surface area (Å²) in [5.74, 6) is 0. The number of rotatable bonds is 16. The number of unbranched alkanes of at least 4 members (excludes halogenated alkanes) is 3. The van der Waals surface area contributed by atoms with Crippen LogP contribution in [0, 0.1) is 0 Å². The first-order chi connectivity index (χ1) is 9.81. The summed E-state index contributed by atoms with van der Waals surface area (Å²) in [4.78, 5) is 0. The fraction of sp³-hybridized carbons (Fsp3) is 1.00. The highest BCUT2D eigenvalue weighted by Crippen LogP contribution is 2.21. The lowest BCUT2D eigenvalue weighted by Gasteiger charge is -2.04. The molecule has 5 N–H and O–H groups in total. The molecule has 0 amide bonds. The molecule has 1 atom stereocenters. The van der Waals surface area contributed by atoms with Crippen molar-refractivity contribution in [2.75, 3.05) is 45.9 Å². The van der Waals surface area contributed by atoms with E-state index in [0.717, 1.165) is 39.0 Å². The Morgan fingerprint density at radius 1 is 1.00 bits per heavy atom. The third-order valence-electron chi connectivity index (χ3n) is 2.54. The van der Waals surface area contributed by atoms with E-state index in [-0.39, 0.29) is 0 Å². The van der Waals surface area contributed by atoms with Gasteiger partial charge in [0, 0.05) is 43.8 Å². The fourth-order valence-corrected chi connectivity index (χ4v) is 1.99. The Kier molecular flexibility index (Phi) is 16.8. The van der Waals surface area contributed by atoms with Gasteiger partial charge in [-0.25, -0.2) is 0 Å². The summed E-state index contributed by atoms with van der Waals surface area (Å²) in [5, 5.41) is 6.38. The Morgan fingerprint density at radius 2 is 1.70 bits per heavy atom. The van der Waals surface area contributed by atoms with Crippen molar-refractivity contribution in [2.45, 2.75) is 32.6 Å². The topological polar surface area (TPSA) is 97.6 Å². The molecule has 120 valence electrons. The van der Waals surface area contributed by atoms with Crippen molar-refractivity contribution < 1.29 is 13.7 Å². The molecule has 7 nitrogen and oxygen atoms in total. The molecule has 0 aliphatic carbocycles. The highest BCUT2D eigenvalue weighted by Gasteiger charge is 2.19. The van der Waals surface area contributed by atoms with Gasteiger partial charge in [-0.15, -0.1) is 10.0 Å². The Morgan fingerprint density at radius 3 is 2.40 bits per heavy atom. The molecule has 8 heteroatoms. The van der Waals surface area contributed by atoms with Crippen LogP contribution in [0.15, 0.2) is 0 Å². The maximum Gasteiger partial charge on any atom is 0.716 e. The molecule has 0 aliphatic heterocycles. The Hall–Kier alpha value is -0.140. The van der Waals surface area contributed by atoms with Gasteiger partial charge in [0.25, 0.3) is 0 Å². The molecule has 0 bridgehead atoms. The molecule has 0 saturated heterocycles. The monoisotopic (exact) mass is 309 g/mol. The summed E-state index contributed by atoms with van der Waals surface area (Å²) >= 11 is 0. The molecule has 0 aromatic heterocycles. The summed E-state index contributed by atoms with van der Waals surface area (Å²) in [7, 11) is -2.05. The molecular weight excluding hydrogens is 279 g/mol. The first-order valence-electron chi connectivity index (χ1n) is 7.42. The largest absolute Gasteiger partial charge is 0.716 e. The van der Waals surface area contributed by atoms with Gasteiger partial charge in [-0.2, -0.15) is 0 Å². The van der Waals surface area contributed by atoms with Crippen LogP contribution in [-0.4, -0.2) is 45.9 Å². The van der Waals surface area contributed by atoms with Crippen LogP contribution in [0.2, 0.25) is 0 Å². The molecule has 0 rings (SSSR count). The van der Waals surface area contributed by atoms with Crippen molar-refractivity contribution in [1.29, 1.82) is 0 Å². The Balaban J connectivity index is 3.11. The number of hydrogen-bond donors (Lipinski definition) is 4. The maximum atomic E-state index is 11.3. The van der Waals surface area contributed by atoms with Gasteiger partial charge >= 0.3 is 8.25 Å². The summed E-state index contributed by atoms with van der Waals surface area (Å²) in [6, 6.07) is 0. The zero-order valence-electron chi connectivity index (χ0n) is 12.5. The quantitative estimate of drug-likeness (QED) is 0.191. The van der Waals surface area contributed by atoms with Crippen LogP contribution < -0.4 is 21.8 Å². The standard InChI is InChI=1S/C12H30N4O3P/c1-2-3-4-5-12-18-20(17)19-16-11-10-15-9-8-14-7-6-13/h14-16H,2-13H2,1H3/q+1. The molecule has 0 spiro atoms. The van der Waals surface area contributed by atoms with Crippen molar-refractivity contribution in [2.24, 2.45) is 5.73 Å². The molecular formula is C12H30N4O3P+. The van der Waals surface area contributed by atoms with Gasteiger partial charge in [0.1, 0.15) is 6.61 Å². The lowest BCUT2D eigenvalue weighted by molar-refractivity contribution is 0.155. The van der Waals surface area contributed by atoms with Crippen molar-refractivity contribution in [3.63, 3.8) is 0 Å². The van der Waals surface area contributed by atoms with Gasteiger partial charge in [-0.05, 0) is 11.0 Å². The molecule has 1 unspecified atom stereocenters. The van der Waals surface area contributed by atoms with Gasteiger partial charge in [0.2, 0.25) is 0 Å². The third-order valence-corrected chi connectivity index (χ3v) is 3.21. The van der Waals surface area contributed by atoms with Crippen LogP contribution in [0.3, 0.4) is 0 Å². The Bertz CT molecular complexity index is 223. The minimum Gasteiger partial charge on any atom is -0.329 e. The predicted molar refractivity (Wildman–Crippen MR) is 81.6 cm³/mol. The van der Waals surface area contributed by atoms with E-state index in [2.05, 4.69) is 23.0 Å². The molecule has 0 aromatic rings. The SMILES string of the molecule is CCCCCCO[P+](=O)ONCCNCCNCCN. The second kappa shape index (κ2) is 16.9. The first-order valence-corrected chi connectivity index (χ1v) is 8.52. The molecule has 0 fully saturated rings. The summed E-state index contributed by atoms with van der Waals surface area (Å²) < 4.78 is 21.2. The van der Waals surface area contributed by atoms with Gasteiger partial charge in [-0.3, -0.25) is 0 Å². The van der Waals surface area contributed by atoms with Crippen molar-refractivity contribution >= 4 is 8.25 Å². The minimum atomic E-state index is -2.05. The molecule has 0 aromatic carbocycles. The van der Waals surface area contributed by atoms with Gasteiger partial charge < -0.3 is 16.4 Å². The minimum absolute atomic E-state index is 0.488. The normalized spacial score (nSPS) is 11.8. The van der Waals surface area contributed by atoms with E-state index < -0.39 is 8.25 Å². The Labute approximate surface area is 123 Å². The molecule has 20 heavy (non-hydrogen) atoms. The maximum absolute atomic E-state index is 11.3. The van der Waals surface area contributed by atoms with Crippen molar-refractivity contribution in [3.05, 3.63) is 0 Å². The van der Waals surface area contributed by atoms with E-state index in [1.807, 2.05) is 0 Å².